The molecule has 3 aromatic rings. The number of fused-ring (bicyclic) bond motifs is 1. The van der Waals surface area contributed by atoms with Gasteiger partial charge in [0.2, 0.25) is 5.56 Å². The van der Waals surface area contributed by atoms with Crippen molar-refractivity contribution in [3.05, 3.63) is 63.7 Å². The minimum Gasteiger partial charge on any atom is -0.352 e. The van der Waals surface area contributed by atoms with E-state index in [1.165, 1.54) is 24.6 Å². The van der Waals surface area contributed by atoms with Crippen LogP contribution in [0.15, 0.2) is 41.3 Å². The van der Waals surface area contributed by atoms with Crippen molar-refractivity contribution < 1.29 is 4.79 Å². The van der Waals surface area contributed by atoms with E-state index in [-0.39, 0.29) is 11.5 Å². The summed E-state index contributed by atoms with van der Waals surface area (Å²) in [7, 11) is 0. The number of carbonyl (C=O) groups excluding carboxylic acids is 1. The van der Waals surface area contributed by atoms with Crippen LogP contribution in [0.25, 0.3) is 10.9 Å². The van der Waals surface area contributed by atoms with E-state index in [1.54, 1.807) is 0 Å². The molecule has 4 rings (SSSR count). The van der Waals surface area contributed by atoms with Crippen LogP contribution in [-0.4, -0.2) is 27.2 Å². The van der Waals surface area contributed by atoms with Gasteiger partial charge in [-0.05, 0) is 44.4 Å². The van der Waals surface area contributed by atoms with E-state index in [9.17, 15) is 9.59 Å². The summed E-state index contributed by atoms with van der Waals surface area (Å²) in [4.78, 5) is 27.2. The SMILES string of the molecule is Cc1ccc2[nH]c(=O)cc(C(=O)NCCCn3nccc3C3CC3)c2c1. The Bertz CT molecular complexity index is 1010. The second-order valence-corrected chi connectivity index (χ2v) is 6.96. The van der Waals surface area contributed by atoms with Crippen LogP contribution in [0.3, 0.4) is 0 Å². The number of rotatable bonds is 6. The highest BCUT2D eigenvalue weighted by Crippen LogP contribution is 2.39. The third kappa shape index (κ3) is 3.40. The number of pyridine rings is 1. The molecule has 2 aromatic heterocycles. The van der Waals surface area contributed by atoms with E-state index in [2.05, 4.69) is 21.5 Å². The summed E-state index contributed by atoms with van der Waals surface area (Å²) in [6.45, 7) is 3.30. The van der Waals surface area contributed by atoms with Crippen molar-refractivity contribution in [3.8, 4) is 0 Å². The average molecular weight is 350 g/mol. The number of hydrogen-bond acceptors (Lipinski definition) is 3. The Morgan fingerprint density at radius 3 is 2.96 bits per heavy atom. The lowest BCUT2D eigenvalue weighted by molar-refractivity contribution is 0.0954. The lowest BCUT2D eigenvalue weighted by Crippen LogP contribution is -2.27. The van der Waals surface area contributed by atoms with Crippen LogP contribution in [0.4, 0.5) is 0 Å². The van der Waals surface area contributed by atoms with Crippen LogP contribution in [-0.2, 0) is 6.54 Å². The first-order valence-electron chi connectivity index (χ1n) is 9.05. The number of carbonyl (C=O) groups is 1. The summed E-state index contributed by atoms with van der Waals surface area (Å²) in [6.07, 6.45) is 5.14. The molecule has 1 aliphatic carbocycles. The molecule has 1 saturated carbocycles. The number of hydrogen-bond donors (Lipinski definition) is 2. The van der Waals surface area contributed by atoms with E-state index < -0.39 is 0 Å². The monoisotopic (exact) mass is 350 g/mol. The largest absolute Gasteiger partial charge is 0.352 e. The Hall–Kier alpha value is -2.89. The van der Waals surface area contributed by atoms with Crippen molar-refractivity contribution in [2.24, 2.45) is 0 Å². The standard InChI is InChI=1S/C20H22N4O2/c1-13-3-6-17-15(11-13)16(12-19(25)23-17)20(26)21-8-2-10-24-18(7-9-22-24)14-4-5-14/h3,6-7,9,11-12,14H,2,4-5,8,10H2,1H3,(H,21,26)(H,23,25). The number of amides is 1. The normalized spacial score (nSPS) is 13.9. The van der Waals surface area contributed by atoms with Crippen LogP contribution >= 0.6 is 0 Å². The van der Waals surface area contributed by atoms with Gasteiger partial charge in [0.15, 0.2) is 0 Å². The molecule has 0 bridgehead atoms. The summed E-state index contributed by atoms with van der Waals surface area (Å²) in [5.41, 5.74) is 3.18. The van der Waals surface area contributed by atoms with Crippen molar-refractivity contribution in [2.45, 2.75) is 38.6 Å². The zero-order chi connectivity index (χ0) is 18.1. The van der Waals surface area contributed by atoms with Gasteiger partial charge in [-0.2, -0.15) is 5.10 Å². The fourth-order valence-electron chi connectivity index (χ4n) is 3.34. The van der Waals surface area contributed by atoms with Gasteiger partial charge in [-0.1, -0.05) is 11.6 Å². The minimum atomic E-state index is -0.267. The van der Waals surface area contributed by atoms with E-state index >= 15 is 0 Å². The molecular weight excluding hydrogens is 328 g/mol. The summed E-state index contributed by atoms with van der Waals surface area (Å²) in [5, 5.41) is 8.07. The van der Waals surface area contributed by atoms with E-state index in [0.717, 1.165) is 23.9 Å². The van der Waals surface area contributed by atoms with Gasteiger partial charge in [0.25, 0.3) is 5.91 Å². The first kappa shape index (κ1) is 16.6. The molecule has 134 valence electrons. The molecular formula is C20H22N4O2. The van der Waals surface area contributed by atoms with E-state index in [0.29, 0.717) is 23.5 Å². The molecule has 0 unspecified atom stereocenters. The zero-order valence-corrected chi connectivity index (χ0v) is 14.8. The lowest BCUT2D eigenvalue weighted by Gasteiger charge is -2.10. The van der Waals surface area contributed by atoms with Crippen LogP contribution in [0.2, 0.25) is 0 Å². The van der Waals surface area contributed by atoms with E-state index in [1.807, 2.05) is 36.0 Å². The maximum Gasteiger partial charge on any atom is 0.252 e. The topological polar surface area (TPSA) is 79.8 Å². The molecule has 0 spiro atoms. The molecule has 2 N–H and O–H groups in total. The zero-order valence-electron chi connectivity index (χ0n) is 14.8. The fraction of sp³-hybridized carbons (Fsp3) is 0.350. The molecule has 26 heavy (non-hydrogen) atoms. The van der Waals surface area contributed by atoms with Crippen LogP contribution in [0, 0.1) is 6.92 Å². The molecule has 1 amide bonds. The van der Waals surface area contributed by atoms with Gasteiger partial charge < -0.3 is 10.3 Å². The second-order valence-electron chi connectivity index (χ2n) is 6.96. The van der Waals surface area contributed by atoms with Gasteiger partial charge >= 0.3 is 0 Å². The molecule has 1 aromatic carbocycles. The summed E-state index contributed by atoms with van der Waals surface area (Å²) in [6, 6.07) is 9.13. The van der Waals surface area contributed by atoms with Gasteiger partial charge in [0, 0.05) is 47.9 Å². The Kier molecular flexibility index (Phi) is 4.32. The Labute approximate surface area is 151 Å². The number of aromatic amines is 1. The molecule has 0 radical (unpaired) electrons. The number of benzene rings is 1. The van der Waals surface area contributed by atoms with Crippen molar-refractivity contribution in [1.29, 1.82) is 0 Å². The predicted octanol–water partition coefficient (Wildman–Crippen LogP) is 2.73. The molecule has 1 aliphatic rings. The maximum absolute atomic E-state index is 12.6. The van der Waals surface area contributed by atoms with E-state index in [4.69, 9.17) is 0 Å². The van der Waals surface area contributed by atoms with Crippen LogP contribution < -0.4 is 10.9 Å². The highest BCUT2D eigenvalue weighted by Gasteiger charge is 2.26. The molecule has 2 heterocycles. The van der Waals surface area contributed by atoms with Gasteiger partial charge in [0.05, 0.1) is 5.56 Å². The molecule has 1 fully saturated rings. The Balaban J connectivity index is 1.42. The highest BCUT2D eigenvalue weighted by atomic mass is 16.2. The van der Waals surface area contributed by atoms with Gasteiger partial charge in [-0.15, -0.1) is 0 Å². The quantitative estimate of drug-likeness (QED) is 0.671. The lowest BCUT2D eigenvalue weighted by atomic mass is 10.1. The molecule has 0 atom stereocenters. The van der Waals surface area contributed by atoms with Crippen LogP contribution in [0.5, 0.6) is 0 Å². The van der Waals surface area contributed by atoms with Crippen molar-refractivity contribution in [1.82, 2.24) is 20.1 Å². The maximum atomic E-state index is 12.6. The molecule has 6 nitrogen and oxygen atoms in total. The Morgan fingerprint density at radius 2 is 2.15 bits per heavy atom. The fourth-order valence-corrected chi connectivity index (χ4v) is 3.34. The molecule has 0 aliphatic heterocycles. The smallest absolute Gasteiger partial charge is 0.252 e. The number of aryl methyl sites for hydroxylation is 2. The highest BCUT2D eigenvalue weighted by molar-refractivity contribution is 6.06. The second kappa shape index (κ2) is 6.78. The summed E-state index contributed by atoms with van der Waals surface area (Å²) >= 11 is 0. The summed E-state index contributed by atoms with van der Waals surface area (Å²) < 4.78 is 2.04. The number of nitrogens with one attached hydrogen (secondary N) is 2. The van der Waals surface area contributed by atoms with Gasteiger partial charge in [-0.25, -0.2) is 0 Å². The first-order chi connectivity index (χ1) is 12.6. The van der Waals surface area contributed by atoms with Crippen molar-refractivity contribution >= 4 is 16.8 Å². The summed E-state index contributed by atoms with van der Waals surface area (Å²) in [5.74, 6) is 0.451. The molecule has 0 saturated heterocycles. The number of H-pyrrole nitrogens is 1. The average Bonchev–Trinajstić information content (AvgIpc) is 3.36. The van der Waals surface area contributed by atoms with Gasteiger partial charge in [0.1, 0.15) is 0 Å². The van der Waals surface area contributed by atoms with Crippen molar-refractivity contribution in [3.63, 3.8) is 0 Å². The third-order valence-corrected chi connectivity index (χ3v) is 4.82. The van der Waals surface area contributed by atoms with Gasteiger partial charge in [-0.3, -0.25) is 14.3 Å². The predicted molar refractivity (Wildman–Crippen MR) is 100 cm³/mol. The van der Waals surface area contributed by atoms with Crippen LogP contribution in [0.1, 0.15) is 46.8 Å². The molecule has 6 heteroatoms. The first-order valence-corrected chi connectivity index (χ1v) is 9.05. The number of nitrogens with zero attached hydrogens (tertiary/aromatic N) is 2. The minimum absolute atomic E-state index is 0.213. The Morgan fingerprint density at radius 1 is 1.31 bits per heavy atom. The van der Waals surface area contributed by atoms with Crippen molar-refractivity contribution in [2.75, 3.05) is 6.54 Å². The number of aromatic nitrogens is 3. The third-order valence-electron chi connectivity index (χ3n) is 4.82.